The summed E-state index contributed by atoms with van der Waals surface area (Å²) in [6.07, 6.45) is -2.35. The van der Waals surface area contributed by atoms with Crippen molar-refractivity contribution in [3.63, 3.8) is 0 Å². The third kappa shape index (κ3) is 5.23. The Hall–Kier alpha value is -3.70. The molecule has 0 amide bonds. The highest BCUT2D eigenvalue weighted by Gasteiger charge is 2.53. The summed E-state index contributed by atoms with van der Waals surface area (Å²) < 4.78 is 64.2. The number of ether oxygens (including phenoxy) is 1. The summed E-state index contributed by atoms with van der Waals surface area (Å²) >= 11 is 4.00. The van der Waals surface area contributed by atoms with Crippen molar-refractivity contribution < 1.29 is 50.7 Å². The summed E-state index contributed by atoms with van der Waals surface area (Å²) in [4.78, 5) is 54.4. The summed E-state index contributed by atoms with van der Waals surface area (Å²) in [6, 6.07) is -0.659. The van der Waals surface area contributed by atoms with Crippen LogP contribution in [0.2, 0.25) is 0 Å². The summed E-state index contributed by atoms with van der Waals surface area (Å²) in [5.74, 6) is -5.75. The molecule has 0 radical (unpaired) electrons. The van der Waals surface area contributed by atoms with Gasteiger partial charge in [-0.25, -0.2) is 18.5 Å². The van der Waals surface area contributed by atoms with Crippen LogP contribution in [0.5, 0.6) is 5.75 Å². The van der Waals surface area contributed by atoms with E-state index in [2.05, 4.69) is 48.2 Å². The highest BCUT2D eigenvalue weighted by Crippen LogP contribution is 2.66. The lowest BCUT2D eigenvalue weighted by molar-refractivity contribution is 0.186. The number of hydrogen-bond acceptors (Lipinski definition) is 20. The lowest BCUT2D eigenvalue weighted by Crippen LogP contribution is -2.65. The van der Waals surface area contributed by atoms with Gasteiger partial charge in [-0.15, -0.1) is 0 Å². The molecule has 45 heavy (non-hydrogen) atoms. The van der Waals surface area contributed by atoms with Gasteiger partial charge in [0.05, 0.1) is 6.17 Å². The fourth-order valence-corrected chi connectivity index (χ4v) is 6.51. The topological polar surface area (TPSA) is 288 Å². The van der Waals surface area contributed by atoms with Crippen LogP contribution in [0.1, 0.15) is 5.76 Å². The van der Waals surface area contributed by atoms with Crippen molar-refractivity contribution >= 4 is 56.4 Å². The number of fused-ring (bicyclic) bond motifs is 5. The molecule has 21 nitrogen and oxygen atoms in total. The zero-order valence-electron chi connectivity index (χ0n) is 22.0. The third-order valence-electron chi connectivity index (χ3n) is 6.60. The van der Waals surface area contributed by atoms with E-state index < -0.39 is 92.6 Å². The minimum atomic E-state index is -5.06. The van der Waals surface area contributed by atoms with Crippen LogP contribution in [0.4, 0.5) is 20.6 Å². The van der Waals surface area contributed by atoms with E-state index in [9.17, 15) is 19.5 Å². The molecule has 240 valence electrons. The molecule has 2 bridgehead atoms. The lowest BCUT2D eigenvalue weighted by Gasteiger charge is -2.33. The number of aromatic nitrogens is 4. The highest BCUT2D eigenvalue weighted by atomic mass is 32.7. The molecule has 5 atom stereocenters. The molecule has 0 saturated carbocycles. The SMILES string of the molecule is Nc1nc2c(ncn2C2=C3O[P+](O)(S)OCc4oc(N5N=NC6C5NCN[C@H]6N)c(F)c4O[P+](O)(O)O/C=C(/O2)[C@H]3F)c(=O)[nH]1. The Balaban J connectivity index is 1.27. The van der Waals surface area contributed by atoms with Crippen molar-refractivity contribution in [2.75, 3.05) is 17.4 Å². The minimum absolute atomic E-state index is 0.201. The van der Waals surface area contributed by atoms with Gasteiger partial charge >= 0.3 is 15.3 Å². The highest BCUT2D eigenvalue weighted by molar-refractivity contribution is 8.47. The molecule has 7 heterocycles. The average molecular weight is 695 g/mol. The second-order valence-corrected chi connectivity index (χ2v) is 13.8. The average Bonchev–Trinajstić information content (AvgIpc) is 3.72. The first kappa shape index (κ1) is 30.0. The van der Waals surface area contributed by atoms with Crippen LogP contribution in [0.3, 0.4) is 0 Å². The predicted molar refractivity (Wildman–Crippen MR) is 150 cm³/mol. The molecular formula is C19H21F2N11O10P2S+2. The quantitative estimate of drug-likeness (QED) is 0.126. The van der Waals surface area contributed by atoms with E-state index in [1.54, 1.807) is 0 Å². The Labute approximate surface area is 253 Å². The fraction of sp³-hybridized carbons (Fsp3) is 0.316. The predicted octanol–water partition coefficient (Wildman–Crippen LogP) is -0.00900. The number of furan rings is 1. The van der Waals surface area contributed by atoms with Gasteiger partial charge in [0.15, 0.2) is 35.6 Å². The molecule has 0 aliphatic carbocycles. The molecule has 3 aromatic heterocycles. The Bertz CT molecular complexity index is 1850. The van der Waals surface area contributed by atoms with Crippen molar-refractivity contribution in [1.82, 2.24) is 30.2 Å². The smallest absolute Gasteiger partial charge is 0.434 e. The number of H-pyrrole nitrogens is 1. The van der Waals surface area contributed by atoms with E-state index in [0.717, 1.165) is 15.9 Å². The Morgan fingerprint density at radius 3 is 2.82 bits per heavy atom. The Morgan fingerprint density at radius 2 is 2.02 bits per heavy atom. The summed E-state index contributed by atoms with van der Waals surface area (Å²) in [6.45, 7) is -0.662. The number of halogens is 2. The van der Waals surface area contributed by atoms with Crippen LogP contribution in [-0.4, -0.2) is 65.4 Å². The largest absolute Gasteiger partial charge is 0.663 e. The number of nitrogens with one attached hydrogen (secondary N) is 3. The van der Waals surface area contributed by atoms with Gasteiger partial charge < -0.3 is 20.6 Å². The van der Waals surface area contributed by atoms with Crippen molar-refractivity contribution in [3.05, 3.63) is 46.0 Å². The number of nitrogen functional groups attached to an aromatic ring is 1. The molecule has 10 N–H and O–H groups in total. The fourth-order valence-electron chi connectivity index (χ4n) is 4.61. The Kier molecular flexibility index (Phi) is 7.12. The van der Waals surface area contributed by atoms with Crippen LogP contribution in [0, 0.1) is 5.82 Å². The zero-order valence-corrected chi connectivity index (χ0v) is 24.7. The van der Waals surface area contributed by atoms with Gasteiger partial charge in [0, 0.05) is 6.67 Å². The van der Waals surface area contributed by atoms with Gasteiger partial charge in [0.2, 0.25) is 17.9 Å². The maximum atomic E-state index is 15.8. The van der Waals surface area contributed by atoms with E-state index in [1.165, 1.54) is 0 Å². The van der Waals surface area contributed by atoms with Gasteiger partial charge in [-0.2, -0.15) is 38.7 Å². The zero-order chi connectivity index (χ0) is 31.8. The molecule has 1 saturated heterocycles. The summed E-state index contributed by atoms with van der Waals surface area (Å²) in [7, 11) is -9.46. The molecule has 3 aromatic rings. The lowest BCUT2D eigenvalue weighted by atomic mass is 10.1. The number of nitrogens with two attached hydrogens (primary N) is 2. The molecule has 4 aliphatic heterocycles. The maximum absolute atomic E-state index is 15.8. The number of hydrogen-bond donors (Lipinski definition) is 9. The van der Waals surface area contributed by atoms with Crippen molar-refractivity contribution in [2.45, 2.75) is 31.2 Å². The van der Waals surface area contributed by atoms with Gasteiger partial charge in [-0.05, 0) is 0 Å². The number of nitrogens with zero attached hydrogens (tertiary/aromatic N) is 6. The van der Waals surface area contributed by atoms with Crippen molar-refractivity contribution in [3.8, 4) is 5.75 Å². The molecule has 3 unspecified atom stereocenters. The number of alkyl halides is 1. The van der Waals surface area contributed by atoms with E-state index >= 15 is 8.78 Å². The molecule has 26 heteroatoms. The molecule has 0 spiro atoms. The van der Waals surface area contributed by atoms with Crippen LogP contribution in [0.15, 0.2) is 43.7 Å². The third-order valence-corrected chi connectivity index (χ3v) is 8.89. The number of aromatic amines is 1. The Morgan fingerprint density at radius 1 is 1.22 bits per heavy atom. The second-order valence-electron chi connectivity index (χ2n) is 9.50. The molecule has 7 rings (SSSR count). The van der Waals surface area contributed by atoms with Crippen molar-refractivity contribution in [1.29, 1.82) is 0 Å². The van der Waals surface area contributed by atoms with Gasteiger partial charge in [0.1, 0.15) is 30.8 Å². The maximum Gasteiger partial charge on any atom is 0.663 e. The first-order chi connectivity index (χ1) is 21.3. The second kappa shape index (κ2) is 10.7. The first-order valence-corrected chi connectivity index (χ1v) is 16.7. The van der Waals surface area contributed by atoms with Crippen LogP contribution < -0.4 is 37.2 Å². The van der Waals surface area contributed by atoms with E-state index in [0.29, 0.717) is 6.26 Å². The summed E-state index contributed by atoms with van der Waals surface area (Å²) in [5.41, 5.74) is 10.5. The monoisotopic (exact) mass is 695 g/mol. The minimum Gasteiger partial charge on any atom is -0.434 e. The van der Waals surface area contributed by atoms with E-state index in [1.807, 2.05) is 0 Å². The molecule has 1 fully saturated rings. The number of imidazole rings is 1. The van der Waals surface area contributed by atoms with Crippen LogP contribution in [-0.2, 0) is 24.9 Å². The van der Waals surface area contributed by atoms with Crippen LogP contribution in [0.25, 0.3) is 17.0 Å². The van der Waals surface area contributed by atoms with Gasteiger partial charge in [-0.1, -0.05) is 5.22 Å². The number of thiol groups is 1. The number of rotatable bonds is 2. The summed E-state index contributed by atoms with van der Waals surface area (Å²) in [5, 5.41) is 14.8. The van der Waals surface area contributed by atoms with E-state index in [-0.39, 0.29) is 23.8 Å². The standard InChI is InChI=1S/C19H20F2N11O10P2S/c20-7-5-1-37-43(34,35)41-11-6(40-17(8(11)21)32-14-9(29-30-32)13(22)24-3-25-14)2-38-44(36,45)42-12(7)18(39-5)31-4-26-10-15(31)27-19(23)28-16(10)33/h1,4,7,9,13-14,24-25,34-36,45H,2-3,22H2,(H2-,23,27,28,33)/q+1/p+1/b5-1+/t7-,9?,13-,14?,44?/m1/s1. The van der Waals surface area contributed by atoms with Crippen LogP contribution >= 0.6 is 27.6 Å². The van der Waals surface area contributed by atoms with Crippen molar-refractivity contribution in [2.24, 2.45) is 16.1 Å². The normalized spacial score (nSPS) is 30.6. The molecule has 0 aromatic carbocycles. The number of anilines is 2. The van der Waals surface area contributed by atoms with E-state index in [4.69, 9.17) is 38.7 Å². The molecular weight excluding hydrogens is 674 g/mol. The van der Waals surface area contributed by atoms with Gasteiger partial charge in [0.25, 0.3) is 28.8 Å². The van der Waals surface area contributed by atoms with Gasteiger partial charge in [-0.3, -0.25) is 29.5 Å². The molecule has 4 aliphatic rings. The first-order valence-electron chi connectivity index (χ1n) is 12.5.